The van der Waals surface area contributed by atoms with Crippen molar-refractivity contribution < 1.29 is 34.4 Å². The highest BCUT2D eigenvalue weighted by Gasteiger charge is 2.48. The Labute approximate surface area is 353 Å². The van der Waals surface area contributed by atoms with Crippen LogP contribution >= 0.6 is 0 Å². The maximum Gasteiger partial charge on any atom is 0.339 e. The number of hydrogen-bond acceptors (Lipinski definition) is 7. The van der Waals surface area contributed by atoms with Crippen molar-refractivity contribution in [1.82, 2.24) is 5.32 Å². The zero-order chi connectivity index (χ0) is 42.8. The lowest BCUT2D eigenvalue weighted by atomic mass is 9.67. The molecule has 0 aromatic heterocycles. The third-order valence-corrected chi connectivity index (χ3v) is 13.5. The third kappa shape index (κ3) is 10.1. The molecular formula is C50H72N2O7. The number of aromatic hydroxyl groups is 2. The summed E-state index contributed by atoms with van der Waals surface area (Å²) in [6.07, 6.45) is 20.9. The number of carboxylic acids is 1. The molecule has 4 aliphatic carbocycles. The van der Waals surface area contributed by atoms with Gasteiger partial charge in [-0.2, -0.15) is 0 Å². The van der Waals surface area contributed by atoms with E-state index in [9.17, 15) is 24.9 Å². The molecule has 324 valence electrons. The lowest BCUT2D eigenvalue weighted by molar-refractivity contribution is 0.0103. The molecule has 4 atom stereocenters. The van der Waals surface area contributed by atoms with E-state index in [0.29, 0.717) is 40.8 Å². The summed E-state index contributed by atoms with van der Waals surface area (Å²) in [5, 5.41) is 35.2. The van der Waals surface area contributed by atoms with E-state index < -0.39 is 5.97 Å². The van der Waals surface area contributed by atoms with Gasteiger partial charge in [-0.25, -0.2) is 4.79 Å². The Bertz CT molecular complexity index is 1930. The number of amides is 1. The number of nitrogens with two attached hydrogens (primary N) is 1. The van der Waals surface area contributed by atoms with E-state index in [2.05, 4.69) is 72.9 Å². The van der Waals surface area contributed by atoms with Crippen LogP contribution in [0.1, 0.15) is 200 Å². The molecule has 0 saturated heterocycles. The smallest absolute Gasteiger partial charge is 0.339 e. The molecule has 59 heavy (non-hydrogen) atoms. The molecule has 0 unspecified atom stereocenters. The summed E-state index contributed by atoms with van der Waals surface area (Å²) in [4.78, 5) is 25.0. The first kappa shape index (κ1) is 44.6. The van der Waals surface area contributed by atoms with E-state index in [4.69, 9.17) is 15.2 Å². The molecular weight excluding hydrogens is 741 g/mol. The van der Waals surface area contributed by atoms with Crippen LogP contribution in [0.5, 0.6) is 23.0 Å². The van der Waals surface area contributed by atoms with E-state index in [1.807, 2.05) is 12.1 Å². The van der Waals surface area contributed by atoms with Crippen molar-refractivity contribution in [2.24, 2.45) is 17.6 Å². The van der Waals surface area contributed by atoms with Crippen LogP contribution in [-0.4, -0.2) is 50.5 Å². The van der Waals surface area contributed by atoms with Crippen LogP contribution < -0.4 is 20.5 Å². The van der Waals surface area contributed by atoms with Crippen LogP contribution in [0.3, 0.4) is 0 Å². The van der Waals surface area contributed by atoms with Crippen LogP contribution in [0, 0.1) is 11.8 Å². The molecule has 6 aliphatic rings. The maximum absolute atomic E-state index is 13.1. The van der Waals surface area contributed by atoms with Crippen molar-refractivity contribution in [1.29, 1.82) is 0 Å². The minimum Gasteiger partial charge on any atom is -0.507 e. The van der Waals surface area contributed by atoms with E-state index >= 15 is 0 Å². The van der Waals surface area contributed by atoms with Crippen molar-refractivity contribution >= 4 is 11.9 Å². The van der Waals surface area contributed by atoms with Crippen LogP contribution in [0.15, 0.2) is 35.4 Å². The molecule has 0 bridgehead atoms. The van der Waals surface area contributed by atoms with Crippen molar-refractivity contribution in [3.05, 3.63) is 68.8 Å². The average Bonchev–Trinajstić information content (AvgIpc) is 4.10. The second-order valence-electron chi connectivity index (χ2n) is 19.4. The maximum atomic E-state index is 13.1. The van der Waals surface area contributed by atoms with E-state index in [1.165, 1.54) is 24.0 Å². The fraction of sp³-hybridized carbons (Fsp3) is 0.640. The number of unbranched alkanes of at least 4 members (excludes halogenated alkanes) is 4. The van der Waals surface area contributed by atoms with Gasteiger partial charge in [-0.3, -0.25) is 4.79 Å². The van der Waals surface area contributed by atoms with Gasteiger partial charge in [0.1, 0.15) is 39.8 Å². The number of phenols is 2. The Kier molecular flexibility index (Phi) is 13.8. The summed E-state index contributed by atoms with van der Waals surface area (Å²) in [6.45, 7) is 17.1. The summed E-state index contributed by atoms with van der Waals surface area (Å²) >= 11 is 0. The fourth-order valence-corrected chi connectivity index (χ4v) is 9.82. The number of nitrogens with one attached hydrogen (secondary N) is 1. The SMILES string of the molecule is CCCCCc1cc2c(c(O)c1C(=O)NC1CC1)[C@@H]1C=C(C)CC[C@H]1C(C)(C)O2.CCCCCc1cc2c(c(O)c1C(=O)O)[C@@H]1C=C(C)CC[C@H]1C(C)(C)O2.NC1CC1. The van der Waals surface area contributed by atoms with Crippen molar-refractivity contribution in [3.8, 4) is 23.0 Å². The third-order valence-electron chi connectivity index (χ3n) is 13.5. The van der Waals surface area contributed by atoms with Crippen LogP contribution in [0.4, 0.5) is 0 Å². The summed E-state index contributed by atoms with van der Waals surface area (Å²) < 4.78 is 12.8. The summed E-state index contributed by atoms with van der Waals surface area (Å²) in [5.41, 5.74) is 10.8. The number of aromatic carboxylic acids is 1. The molecule has 9 heteroatoms. The van der Waals surface area contributed by atoms with Crippen LogP contribution in [-0.2, 0) is 12.8 Å². The van der Waals surface area contributed by atoms with E-state index in [1.54, 1.807) is 0 Å². The average molecular weight is 813 g/mol. The van der Waals surface area contributed by atoms with Gasteiger partial charge in [-0.1, -0.05) is 62.8 Å². The van der Waals surface area contributed by atoms with Gasteiger partial charge in [-0.15, -0.1) is 0 Å². The van der Waals surface area contributed by atoms with Crippen molar-refractivity contribution in [3.63, 3.8) is 0 Å². The van der Waals surface area contributed by atoms with E-state index in [0.717, 1.165) is 100 Å². The first-order valence-corrected chi connectivity index (χ1v) is 22.8. The molecule has 9 nitrogen and oxygen atoms in total. The largest absolute Gasteiger partial charge is 0.507 e. The molecule has 2 fully saturated rings. The van der Waals surface area contributed by atoms with Gasteiger partial charge in [0.05, 0.1) is 5.56 Å². The number of hydrogen-bond donors (Lipinski definition) is 5. The Morgan fingerprint density at radius 3 is 1.53 bits per heavy atom. The van der Waals surface area contributed by atoms with Crippen molar-refractivity contribution in [2.45, 2.75) is 193 Å². The standard InChI is InChI=1S/C25H35NO3.C22H30O4.C3H7N/c1-5-6-7-8-16-14-20-22(23(27)21(16)24(28)26-17-10-11-17)18-13-15(2)9-12-19(18)25(3,4)29-20;1-5-6-7-8-14-12-17-19(20(23)18(14)21(24)25)15-11-13(2)9-10-16(15)22(3,4)26-17;4-3-1-2-3/h13-14,17-19,27H,5-12H2,1-4H3,(H,26,28);11-12,15-16,23H,5-10H2,1-4H3,(H,24,25);3H,1-2,4H2/t18-,19-;15-,16-;/m11./s1. The number of allylic oxidation sites excluding steroid dienone is 4. The lowest BCUT2D eigenvalue weighted by Crippen LogP contribution is -2.45. The molecule has 2 heterocycles. The number of rotatable bonds is 11. The van der Waals surface area contributed by atoms with Gasteiger partial charge in [0, 0.05) is 46.9 Å². The molecule has 2 aromatic carbocycles. The topological polar surface area (TPSA) is 151 Å². The zero-order valence-corrected chi connectivity index (χ0v) is 37.1. The summed E-state index contributed by atoms with van der Waals surface area (Å²) in [6, 6.07) is 4.76. The fourth-order valence-electron chi connectivity index (χ4n) is 9.82. The molecule has 2 saturated carbocycles. The van der Waals surface area contributed by atoms with Gasteiger partial charge in [0.15, 0.2) is 0 Å². The Hall–Kier alpha value is -3.98. The van der Waals surface area contributed by atoms with Gasteiger partial charge in [0.2, 0.25) is 0 Å². The van der Waals surface area contributed by atoms with Crippen molar-refractivity contribution in [2.75, 3.05) is 0 Å². The van der Waals surface area contributed by atoms with Crippen LogP contribution in [0.25, 0.3) is 0 Å². The van der Waals surface area contributed by atoms with Gasteiger partial charge in [0.25, 0.3) is 5.91 Å². The highest BCUT2D eigenvalue weighted by atomic mass is 16.5. The minimum absolute atomic E-state index is 0.00490. The highest BCUT2D eigenvalue weighted by molar-refractivity contribution is 6.00. The first-order chi connectivity index (χ1) is 28.0. The number of carbonyl (C=O) groups is 2. The highest BCUT2D eigenvalue weighted by Crippen LogP contribution is 2.56. The lowest BCUT2D eigenvalue weighted by Gasteiger charge is -2.46. The molecule has 0 radical (unpaired) electrons. The molecule has 2 aromatic rings. The second kappa shape index (κ2) is 18.3. The molecule has 1 amide bonds. The monoisotopic (exact) mass is 813 g/mol. The quantitative estimate of drug-likeness (QED) is 0.111. The normalized spacial score (nSPS) is 24.3. The molecule has 0 spiro atoms. The number of fused-ring (bicyclic) bond motifs is 6. The van der Waals surface area contributed by atoms with Gasteiger partial charge < -0.3 is 35.8 Å². The van der Waals surface area contributed by atoms with Crippen LogP contribution in [0.2, 0.25) is 0 Å². The molecule has 6 N–H and O–H groups in total. The minimum atomic E-state index is -1.06. The van der Waals surface area contributed by atoms with Gasteiger partial charge in [-0.05, 0) is 142 Å². The van der Waals surface area contributed by atoms with E-state index in [-0.39, 0.29) is 58.0 Å². The zero-order valence-electron chi connectivity index (χ0n) is 37.1. The summed E-state index contributed by atoms with van der Waals surface area (Å²) in [5.74, 6) is 0.899. The first-order valence-electron chi connectivity index (χ1n) is 22.8. The second-order valence-corrected chi connectivity index (χ2v) is 19.4. The number of aryl methyl sites for hydroxylation is 2. The molecule has 2 aliphatic heterocycles. The number of ether oxygens (including phenoxy) is 2. The summed E-state index contributed by atoms with van der Waals surface area (Å²) in [7, 11) is 0. The Morgan fingerprint density at radius 1 is 0.712 bits per heavy atom. The Balaban J connectivity index is 0.000000182. The number of carbonyl (C=O) groups excluding carboxylic acids is 1. The Morgan fingerprint density at radius 2 is 1.14 bits per heavy atom. The molecule has 8 rings (SSSR count). The number of benzene rings is 2. The predicted molar refractivity (Wildman–Crippen MR) is 235 cm³/mol. The van der Waals surface area contributed by atoms with Gasteiger partial charge >= 0.3 is 5.97 Å². The number of phenolic OH excluding ortho intramolecular Hbond substituents is 1. The predicted octanol–water partition coefficient (Wildman–Crippen LogP) is 11.2. The number of carboxylic acid groups (broad SMARTS) is 1.